The number of hydrogen-bond donors (Lipinski definition) is 1. The zero-order valence-corrected chi connectivity index (χ0v) is 21.0. The Bertz CT molecular complexity index is 1320. The van der Waals surface area contributed by atoms with E-state index in [1.807, 2.05) is 48.0 Å². The van der Waals surface area contributed by atoms with Crippen LogP contribution in [0.2, 0.25) is 0 Å². The van der Waals surface area contributed by atoms with Gasteiger partial charge in [0, 0.05) is 29.1 Å². The summed E-state index contributed by atoms with van der Waals surface area (Å²) in [5.41, 5.74) is 1.50. The summed E-state index contributed by atoms with van der Waals surface area (Å²) in [4.78, 5) is 18.7. The van der Waals surface area contributed by atoms with Crippen molar-refractivity contribution in [3.05, 3.63) is 70.2 Å². The predicted molar refractivity (Wildman–Crippen MR) is 137 cm³/mol. The van der Waals surface area contributed by atoms with Crippen LogP contribution in [0.15, 0.2) is 51.9 Å². The molecule has 9 heteroatoms. The molecule has 36 heavy (non-hydrogen) atoms. The fourth-order valence-corrected chi connectivity index (χ4v) is 5.36. The molecule has 9 nitrogen and oxygen atoms in total. The Morgan fingerprint density at radius 3 is 2.83 bits per heavy atom. The number of aromatic amines is 1. The van der Waals surface area contributed by atoms with Crippen LogP contribution in [0.25, 0.3) is 10.9 Å². The van der Waals surface area contributed by atoms with Crippen molar-refractivity contribution in [1.82, 2.24) is 30.1 Å². The highest BCUT2D eigenvalue weighted by molar-refractivity contribution is 5.80. The lowest BCUT2D eigenvalue weighted by atomic mass is 10.0. The van der Waals surface area contributed by atoms with Gasteiger partial charge in [-0.3, -0.25) is 9.69 Å². The molecule has 5 rings (SSSR count). The molecule has 1 aliphatic carbocycles. The lowest BCUT2D eigenvalue weighted by molar-refractivity contribution is 0.108. The number of H-pyrrole nitrogens is 1. The molecule has 1 saturated carbocycles. The van der Waals surface area contributed by atoms with E-state index in [9.17, 15) is 4.79 Å². The standard InChI is InChI=1S/C27H34N6O3/c1-3-8-25(26-29-30-31-33(26)18-23-11-7-14-36-23)32(21-9-5-6-10-21)17-20-15-19-16-22(35-4-2)12-13-24(19)28-27(20)34/h7,11-16,21,25H,3-6,8-10,17-18H2,1-2H3,(H,28,34)/t25-/m0/s1. The molecule has 1 atom stereocenters. The molecule has 0 aliphatic heterocycles. The molecule has 1 fully saturated rings. The highest BCUT2D eigenvalue weighted by Crippen LogP contribution is 2.34. The first-order valence-corrected chi connectivity index (χ1v) is 13.0. The molecule has 1 aromatic carbocycles. The largest absolute Gasteiger partial charge is 0.494 e. The van der Waals surface area contributed by atoms with Gasteiger partial charge in [0.2, 0.25) is 0 Å². The van der Waals surface area contributed by atoms with Gasteiger partial charge in [-0.2, -0.15) is 0 Å². The molecule has 3 aromatic heterocycles. The Morgan fingerprint density at radius 2 is 2.08 bits per heavy atom. The molecule has 3 heterocycles. The zero-order chi connectivity index (χ0) is 24.9. The molecule has 0 radical (unpaired) electrons. The van der Waals surface area contributed by atoms with Crippen molar-refractivity contribution >= 4 is 10.9 Å². The van der Waals surface area contributed by atoms with Crippen molar-refractivity contribution in [1.29, 1.82) is 0 Å². The van der Waals surface area contributed by atoms with E-state index in [1.54, 1.807) is 6.26 Å². The summed E-state index contributed by atoms with van der Waals surface area (Å²) in [5, 5.41) is 13.7. The Balaban J connectivity index is 1.51. The Labute approximate surface area is 210 Å². The van der Waals surface area contributed by atoms with E-state index >= 15 is 0 Å². The molecule has 1 N–H and O–H groups in total. The monoisotopic (exact) mass is 490 g/mol. The number of tetrazole rings is 1. The minimum absolute atomic E-state index is 0.00656. The first-order chi connectivity index (χ1) is 17.7. The Morgan fingerprint density at radius 1 is 1.22 bits per heavy atom. The van der Waals surface area contributed by atoms with Gasteiger partial charge in [0.05, 0.1) is 18.9 Å². The molecule has 4 aromatic rings. The number of furan rings is 1. The number of fused-ring (bicyclic) bond motifs is 1. The van der Waals surface area contributed by atoms with Crippen molar-refractivity contribution < 1.29 is 9.15 Å². The molecule has 0 unspecified atom stereocenters. The fourth-order valence-electron chi connectivity index (χ4n) is 5.36. The third-order valence-corrected chi connectivity index (χ3v) is 7.06. The molecule has 1 aliphatic rings. The second kappa shape index (κ2) is 11.1. The van der Waals surface area contributed by atoms with Crippen molar-refractivity contribution in [2.45, 2.75) is 77.5 Å². The molecule has 0 bridgehead atoms. The normalized spacial score (nSPS) is 15.2. The zero-order valence-electron chi connectivity index (χ0n) is 21.0. The van der Waals surface area contributed by atoms with Gasteiger partial charge >= 0.3 is 0 Å². The van der Waals surface area contributed by atoms with Crippen LogP contribution in [0.3, 0.4) is 0 Å². The van der Waals surface area contributed by atoms with E-state index in [2.05, 4.69) is 32.3 Å². The quantitative estimate of drug-likeness (QED) is 0.321. The number of pyridine rings is 1. The molecular formula is C27H34N6O3. The Kier molecular flexibility index (Phi) is 7.46. The van der Waals surface area contributed by atoms with Crippen LogP contribution in [0.5, 0.6) is 5.75 Å². The molecule has 0 amide bonds. The van der Waals surface area contributed by atoms with Gasteiger partial charge in [-0.25, -0.2) is 4.68 Å². The number of nitrogens with zero attached hydrogens (tertiary/aromatic N) is 5. The van der Waals surface area contributed by atoms with Gasteiger partial charge in [0.25, 0.3) is 5.56 Å². The van der Waals surface area contributed by atoms with Gasteiger partial charge < -0.3 is 14.1 Å². The highest BCUT2D eigenvalue weighted by Gasteiger charge is 2.33. The summed E-state index contributed by atoms with van der Waals surface area (Å²) >= 11 is 0. The topological polar surface area (TPSA) is 102 Å². The number of ether oxygens (including phenoxy) is 1. The van der Waals surface area contributed by atoms with Crippen LogP contribution >= 0.6 is 0 Å². The molecular weight excluding hydrogens is 456 g/mol. The van der Waals surface area contributed by atoms with Gasteiger partial charge in [0.15, 0.2) is 5.82 Å². The maximum absolute atomic E-state index is 13.2. The maximum atomic E-state index is 13.2. The van der Waals surface area contributed by atoms with Gasteiger partial charge in [-0.15, -0.1) is 5.10 Å². The SMILES string of the molecule is CCC[C@@H](c1nnnn1Cc1ccco1)N(Cc1cc2cc(OCC)ccc2[nH]c1=O)C1CCCC1. The molecule has 0 saturated heterocycles. The van der Waals surface area contributed by atoms with E-state index in [1.165, 1.54) is 12.8 Å². The van der Waals surface area contributed by atoms with E-state index < -0.39 is 0 Å². The lowest BCUT2D eigenvalue weighted by Crippen LogP contribution is -2.39. The number of benzene rings is 1. The van der Waals surface area contributed by atoms with Gasteiger partial charge in [-0.05, 0) is 73.0 Å². The summed E-state index contributed by atoms with van der Waals surface area (Å²) in [6, 6.07) is 12.0. The van der Waals surface area contributed by atoms with Crippen molar-refractivity contribution in [3.63, 3.8) is 0 Å². The minimum atomic E-state index is -0.0555. The van der Waals surface area contributed by atoms with E-state index in [0.717, 1.165) is 59.5 Å². The lowest BCUT2D eigenvalue weighted by Gasteiger charge is -2.35. The summed E-state index contributed by atoms with van der Waals surface area (Å²) in [6.07, 6.45) is 8.16. The summed E-state index contributed by atoms with van der Waals surface area (Å²) < 4.78 is 13.1. The van der Waals surface area contributed by atoms with Crippen molar-refractivity contribution in [2.75, 3.05) is 6.61 Å². The average molecular weight is 491 g/mol. The predicted octanol–water partition coefficient (Wildman–Crippen LogP) is 4.84. The van der Waals surface area contributed by atoms with E-state index in [-0.39, 0.29) is 11.6 Å². The van der Waals surface area contributed by atoms with Crippen molar-refractivity contribution in [3.8, 4) is 5.75 Å². The van der Waals surface area contributed by atoms with E-state index in [4.69, 9.17) is 9.15 Å². The van der Waals surface area contributed by atoms with Gasteiger partial charge in [-0.1, -0.05) is 26.2 Å². The summed E-state index contributed by atoms with van der Waals surface area (Å²) in [6.45, 7) is 5.76. The summed E-state index contributed by atoms with van der Waals surface area (Å²) in [7, 11) is 0. The third kappa shape index (κ3) is 5.21. The smallest absolute Gasteiger partial charge is 0.252 e. The maximum Gasteiger partial charge on any atom is 0.252 e. The minimum Gasteiger partial charge on any atom is -0.494 e. The van der Waals surface area contributed by atoms with Crippen LogP contribution < -0.4 is 10.3 Å². The Hall–Kier alpha value is -3.46. The van der Waals surface area contributed by atoms with Crippen molar-refractivity contribution in [2.24, 2.45) is 0 Å². The number of aromatic nitrogens is 5. The number of rotatable bonds is 11. The van der Waals surface area contributed by atoms with Crippen LogP contribution in [0, 0.1) is 0 Å². The second-order valence-electron chi connectivity index (χ2n) is 9.49. The second-order valence-corrected chi connectivity index (χ2v) is 9.49. The van der Waals surface area contributed by atoms with Crippen LogP contribution in [0.4, 0.5) is 0 Å². The third-order valence-electron chi connectivity index (χ3n) is 7.06. The van der Waals surface area contributed by atoms with Crippen LogP contribution in [-0.4, -0.2) is 42.7 Å². The average Bonchev–Trinajstić information content (AvgIpc) is 3.66. The van der Waals surface area contributed by atoms with Crippen LogP contribution in [-0.2, 0) is 13.1 Å². The number of nitrogens with one attached hydrogen (secondary N) is 1. The van der Waals surface area contributed by atoms with E-state index in [0.29, 0.717) is 25.7 Å². The van der Waals surface area contributed by atoms with Crippen LogP contribution in [0.1, 0.15) is 75.6 Å². The fraction of sp³-hybridized carbons (Fsp3) is 0.481. The summed E-state index contributed by atoms with van der Waals surface area (Å²) in [5.74, 6) is 2.43. The molecule has 0 spiro atoms. The van der Waals surface area contributed by atoms with Gasteiger partial charge in [0.1, 0.15) is 18.1 Å². The highest BCUT2D eigenvalue weighted by atomic mass is 16.5. The number of hydrogen-bond acceptors (Lipinski definition) is 7. The first kappa shape index (κ1) is 24.2. The molecule has 190 valence electrons. The first-order valence-electron chi connectivity index (χ1n) is 13.0.